The maximum absolute atomic E-state index is 13.4. The van der Waals surface area contributed by atoms with Gasteiger partial charge in [0.1, 0.15) is 0 Å². The van der Waals surface area contributed by atoms with Crippen LogP contribution < -0.4 is 0 Å². The van der Waals surface area contributed by atoms with E-state index in [0.717, 1.165) is 33.7 Å². The second kappa shape index (κ2) is 6.79. The molecule has 0 atom stereocenters. The van der Waals surface area contributed by atoms with Gasteiger partial charge in [-0.15, -0.1) is 11.3 Å². The van der Waals surface area contributed by atoms with E-state index in [2.05, 4.69) is 0 Å². The molecule has 2 aromatic carbocycles. The van der Waals surface area contributed by atoms with Crippen molar-refractivity contribution >= 4 is 11.3 Å². The second-order valence-electron chi connectivity index (χ2n) is 5.62. The number of rotatable bonds is 4. The van der Waals surface area contributed by atoms with Crippen LogP contribution in [0, 0.1) is 24.4 Å². The van der Waals surface area contributed by atoms with Crippen molar-refractivity contribution in [2.75, 3.05) is 0 Å². The number of aliphatic hydroxyl groups excluding tert-OH is 1. The first-order valence-corrected chi connectivity index (χ1v) is 8.22. The lowest BCUT2D eigenvalue weighted by molar-refractivity contribution is 0.281. The molecule has 0 amide bonds. The highest BCUT2D eigenvalue weighted by molar-refractivity contribution is 7.15. The molecular weight excluding hydrogens is 333 g/mol. The molecular formula is C19H15F3OS. The molecule has 1 aromatic heterocycles. The Kier molecular flexibility index (Phi) is 4.73. The summed E-state index contributed by atoms with van der Waals surface area (Å²) in [6.45, 7) is 1.98. The molecule has 0 saturated carbocycles. The van der Waals surface area contributed by atoms with Gasteiger partial charge in [0.2, 0.25) is 0 Å². The van der Waals surface area contributed by atoms with E-state index in [1.54, 1.807) is 6.07 Å². The number of halogens is 3. The van der Waals surface area contributed by atoms with Crippen LogP contribution in [0.2, 0.25) is 0 Å². The summed E-state index contributed by atoms with van der Waals surface area (Å²) in [6.07, 6.45) is 0.663. The zero-order valence-electron chi connectivity index (χ0n) is 12.9. The SMILES string of the molecule is Cc1ccc(CO)cc1Cc1ccc(-c2cc(F)c(F)c(F)c2)s1. The molecule has 1 N–H and O–H groups in total. The largest absolute Gasteiger partial charge is 0.392 e. The van der Waals surface area contributed by atoms with E-state index in [-0.39, 0.29) is 6.61 Å². The molecule has 0 spiro atoms. The number of hydrogen-bond donors (Lipinski definition) is 1. The van der Waals surface area contributed by atoms with Gasteiger partial charge in [0.05, 0.1) is 6.61 Å². The molecule has 1 heterocycles. The fraction of sp³-hybridized carbons (Fsp3) is 0.158. The van der Waals surface area contributed by atoms with Crippen molar-refractivity contribution in [3.05, 3.63) is 81.5 Å². The third kappa shape index (κ3) is 3.37. The summed E-state index contributed by atoms with van der Waals surface area (Å²) < 4.78 is 39.8. The molecule has 0 aliphatic rings. The van der Waals surface area contributed by atoms with Gasteiger partial charge >= 0.3 is 0 Å². The highest BCUT2D eigenvalue weighted by Gasteiger charge is 2.13. The van der Waals surface area contributed by atoms with Gasteiger partial charge in [-0.05, 0) is 53.4 Å². The zero-order valence-corrected chi connectivity index (χ0v) is 13.8. The first-order chi connectivity index (χ1) is 11.5. The Morgan fingerprint density at radius 1 is 0.958 bits per heavy atom. The third-order valence-corrected chi connectivity index (χ3v) is 5.03. The highest BCUT2D eigenvalue weighted by Crippen LogP contribution is 2.31. The average molecular weight is 348 g/mol. The van der Waals surface area contributed by atoms with E-state index in [1.165, 1.54) is 11.3 Å². The summed E-state index contributed by atoms with van der Waals surface area (Å²) in [5.41, 5.74) is 3.37. The minimum Gasteiger partial charge on any atom is -0.392 e. The zero-order chi connectivity index (χ0) is 17.3. The molecule has 1 nitrogen and oxygen atoms in total. The van der Waals surface area contributed by atoms with Crippen LogP contribution in [-0.2, 0) is 13.0 Å². The van der Waals surface area contributed by atoms with Crippen LogP contribution in [0.1, 0.15) is 21.6 Å². The van der Waals surface area contributed by atoms with Crippen molar-refractivity contribution in [1.29, 1.82) is 0 Å². The molecule has 0 aliphatic heterocycles. The third-order valence-electron chi connectivity index (χ3n) is 3.89. The van der Waals surface area contributed by atoms with Crippen LogP contribution >= 0.6 is 11.3 Å². The molecule has 0 bridgehead atoms. The van der Waals surface area contributed by atoms with Crippen LogP contribution in [0.3, 0.4) is 0 Å². The number of aryl methyl sites for hydroxylation is 1. The van der Waals surface area contributed by atoms with E-state index in [0.29, 0.717) is 16.9 Å². The molecule has 3 aromatic rings. The Labute approximate surface area is 142 Å². The fourth-order valence-electron chi connectivity index (χ4n) is 2.53. The highest BCUT2D eigenvalue weighted by atomic mass is 32.1. The minimum absolute atomic E-state index is 0.0168. The Morgan fingerprint density at radius 3 is 2.33 bits per heavy atom. The van der Waals surface area contributed by atoms with Crippen LogP contribution in [0.5, 0.6) is 0 Å². The van der Waals surface area contributed by atoms with E-state index >= 15 is 0 Å². The first kappa shape index (κ1) is 16.7. The van der Waals surface area contributed by atoms with Crippen LogP contribution in [-0.4, -0.2) is 5.11 Å². The van der Waals surface area contributed by atoms with Gasteiger partial charge in [-0.2, -0.15) is 0 Å². The van der Waals surface area contributed by atoms with Crippen molar-refractivity contribution in [3.63, 3.8) is 0 Å². The van der Waals surface area contributed by atoms with Gasteiger partial charge in [0.15, 0.2) is 17.5 Å². The number of aliphatic hydroxyl groups is 1. The summed E-state index contributed by atoms with van der Waals surface area (Å²) in [5, 5.41) is 9.25. The molecule has 0 aliphatic carbocycles. The normalized spacial score (nSPS) is 11.0. The van der Waals surface area contributed by atoms with E-state index < -0.39 is 17.5 Å². The summed E-state index contributed by atoms with van der Waals surface area (Å²) in [4.78, 5) is 1.70. The van der Waals surface area contributed by atoms with Crippen LogP contribution in [0.15, 0.2) is 42.5 Å². The van der Waals surface area contributed by atoms with E-state index in [9.17, 15) is 18.3 Å². The monoisotopic (exact) mass is 348 g/mol. The molecule has 0 saturated heterocycles. The predicted molar refractivity (Wildman–Crippen MR) is 89.5 cm³/mol. The minimum atomic E-state index is -1.45. The molecule has 124 valence electrons. The second-order valence-corrected chi connectivity index (χ2v) is 6.78. The number of benzene rings is 2. The van der Waals surface area contributed by atoms with Gasteiger partial charge in [0.25, 0.3) is 0 Å². The van der Waals surface area contributed by atoms with Crippen molar-refractivity contribution in [2.24, 2.45) is 0 Å². The Bertz CT molecular complexity index is 863. The Balaban J connectivity index is 1.89. The van der Waals surface area contributed by atoms with Gasteiger partial charge in [0, 0.05) is 16.2 Å². The average Bonchev–Trinajstić information content (AvgIpc) is 3.03. The molecule has 0 fully saturated rings. The van der Waals surface area contributed by atoms with Gasteiger partial charge < -0.3 is 5.11 Å². The molecule has 24 heavy (non-hydrogen) atoms. The smallest absolute Gasteiger partial charge is 0.194 e. The van der Waals surface area contributed by atoms with Crippen LogP contribution in [0.25, 0.3) is 10.4 Å². The van der Waals surface area contributed by atoms with Gasteiger partial charge in [-0.3, -0.25) is 0 Å². The lowest BCUT2D eigenvalue weighted by atomic mass is 10.0. The number of hydrogen-bond acceptors (Lipinski definition) is 2. The Morgan fingerprint density at radius 2 is 1.67 bits per heavy atom. The fourth-order valence-corrected chi connectivity index (χ4v) is 3.55. The van der Waals surface area contributed by atoms with E-state index in [1.807, 2.05) is 31.2 Å². The lowest BCUT2D eigenvalue weighted by Gasteiger charge is -2.06. The maximum atomic E-state index is 13.4. The molecule has 5 heteroatoms. The van der Waals surface area contributed by atoms with Crippen molar-refractivity contribution in [2.45, 2.75) is 20.0 Å². The standard InChI is InChI=1S/C19H15F3OS/c1-11-2-3-12(10-23)6-13(11)7-15-4-5-18(24-15)14-8-16(20)19(22)17(21)9-14/h2-6,8-9,23H,7,10H2,1H3. The van der Waals surface area contributed by atoms with Crippen molar-refractivity contribution < 1.29 is 18.3 Å². The van der Waals surface area contributed by atoms with Gasteiger partial charge in [-0.1, -0.05) is 18.2 Å². The quantitative estimate of drug-likeness (QED) is 0.641. The molecule has 0 unspecified atom stereocenters. The number of thiophene rings is 1. The summed E-state index contributed by atoms with van der Waals surface area (Å²) in [5.74, 6) is -3.83. The maximum Gasteiger partial charge on any atom is 0.194 e. The molecule has 3 rings (SSSR count). The topological polar surface area (TPSA) is 20.2 Å². The summed E-state index contributed by atoms with van der Waals surface area (Å²) in [7, 11) is 0. The Hall–Kier alpha value is -2.11. The van der Waals surface area contributed by atoms with E-state index in [4.69, 9.17) is 0 Å². The lowest BCUT2D eigenvalue weighted by Crippen LogP contribution is -1.93. The van der Waals surface area contributed by atoms with Crippen molar-refractivity contribution in [1.82, 2.24) is 0 Å². The van der Waals surface area contributed by atoms with Gasteiger partial charge in [-0.25, -0.2) is 13.2 Å². The van der Waals surface area contributed by atoms with Crippen molar-refractivity contribution in [3.8, 4) is 10.4 Å². The summed E-state index contributed by atoms with van der Waals surface area (Å²) >= 11 is 1.41. The predicted octanol–water partition coefficient (Wildman–Crippen LogP) is 5.22. The summed E-state index contributed by atoms with van der Waals surface area (Å²) in [6, 6.07) is 11.5. The molecule has 0 radical (unpaired) electrons. The first-order valence-electron chi connectivity index (χ1n) is 7.41. The van der Waals surface area contributed by atoms with Crippen LogP contribution in [0.4, 0.5) is 13.2 Å².